The minimum absolute atomic E-state index is 0.137. The van der Waals surface area contributed by atoms with Gasteiger partial charge in [0, 0.05) is 43.0 Å². The second kappa shape index (κ2) is 5.57. The number of hydrogen-bond donors (Lipinski definition) is 0. The van der Waals surface area contributed by atoms with E-state index in [2.05, 4.69) is 6.07 Å². The smallest absolute Gasteiger partial charge is 0.255 e. The third-order valence-corrected chi connectivity index (χ3v) is 4.64. The van der Waals surface area contributed by atoms with Gasteiger partial charge in [0.05, 0.1) is 5.56 Å². The lowest BCUT2D eigenvalue weighted by molar-refractivity contribution is 0.0790. The van der Waals surface area contributed by atoms with Gasteiger partial charge in [-0.15, -0.1) is 0 Å². The molecule has 0 saturated carbocycles. The number of aromatic nitrogens is 1. The molecule has 1 aromatic carbocycles. The molecule has 2 aromatic rings. The van der Waals surface area contributed by atoms with Gasteiger partial charge >= 0.3 is 0 Å². The van der Waals surface area contributed by atoms with Crippen molar-refractivity contribution in [2.45, 2.75) is 19.3 Å². The Morgan fingerprint density at radius 3 is 2.81 bits per heavy atom. The van der Waals surface area contributed by atoms with E-state index >= 15 is 0 Å². The predicted octanol–water partition coefficient (Wildman–Crippen LogP) is 3.62. The highest BCUT2D eigenvalue weighted by Crippen LogP contribution is 2.30. The minimum atomic E-state index is 0.137. The Morgan fingerprint density at radius 1 is 1.33 bits per heavy atom. The normalized spacial score (nSPS) is 18.2. The van der Waals surface area contributed by atoms with Crippen molar-refractivity contribution >= 4 is 17.5 Å². The highest BCUT2D eigenvalue weighted by atomic mass is 35.5. The molecular weight excluding hydrogens is 284 g/mol. The monoisotopic (exact) mass is 302 g/mol. The van der Waals surface area contributed by atoms with E-state index in [4.69, 9.17) is 11.6 Å². The molecule has 3 nitrogen and oxygen atoms in total. The molecule has 3 rings (SSSR count). The summed E-state index contributed by atoms with van der Waals surface area (Å²) in [7, 11) is 1.96. The summed E-state index contributed by atoms with van der Waals surface area (Å²) in [5.41, 5.74) is 3.05. The minimum Gasteiger partial charge on any atom is -0.354 e. The number of nitrogens with zero attached hydrogens (tertiary/aromatic N) is 2. The van der Waals surface area contributed by atoms with E-state index in [1.54, 1.807) is 0 Å². The summed E-state index contributed by atoms with van der Waals surface area (Å²) in [4.78, 5) is 14.6. The van der Waals surface area contributed by atoms with Gasteiger partial charge in [0.1, 0.15) is 0 Å². The number of carbonyl (C=O) groups is 1. The van der Waals surface area contributed by atoms with Crippen LogP contribution in [-0.4, -0.2) is 28.5 Å². The fourth-order valence-corrected chi connectivity index (χ4v) is 3.18. The quantitative estimate of drug-likeness (QED) is 0.832. The molecule has 0 bridgehead atoms. The molecule has 0 N–H and O–H groups in total. The second-order valence-corrected chi connectivity index (χ2v) is 6.15. The first-order valence-electron chi connectivity index (χ1n) is 7.23. The molecule has 0 unspecified atom stereocenters. The topological polar surface area (TPSA) is 25.2 Å². The number of halogens is 1. The molecule has 21 heavy (non-hydrogen) atoms. The summed E-state index contributed by atoms with van der Waals surface area (Å²) in [6.07, 6.45) is 2.94. The number of aryl methyl sites for hydroxylation is 1. The van der Waals surface area contributed by atoms with Crippen LogP contribution < -0.4 is 0 Å². The lowest BCUT2D eigenvalue weighted by atomic mass is 9.99. The van der Waals surface area contributed by atoms with Crippen LogP contribution in [0.2, 0.25) is 5.02 Å². The van der Waals surface area contributed by atoms with Crippen LogP contribution in [-0.2, 0) is 7.05 Å². The van der Waals surface area contributed by atoms with Crippen LogP contribution in [0.5, 0.6) is 0 Å². The van der Waals surface area contributed by atoms with Crippen LogP contribution in [0.4, 0.5) is 0 Å². The number of benzene rings is 1. The lowest BCUT2D eigenvalue weighted by Gasteiger charge is -2.17. The van der Waals surface area contributed by atoms with Gasteiger partial charge in [0.2, 0.25) is 0 Å². The first kappa shape index (κ1) is 14.2. The van der Waals surface area contributed by atoms with Gasteiger partial charge in [-0.1, -0.05) is 23.7 Å². The summed E-state index contributed by atoms with van der Waals surface area (Å²) in [5.74, 6) is 0.522. The van der Waals surface area contributed by atoms with Crippen molar-refractivity contribution in [1.82, 2.24) is 9.47 Å². The SMILES string of the molecule is Cc1c(C(=O)N2CC[C@@H](c3cccc(Cl)c3)C2)ccn1C. The van der Waals surface area contributed by atoms with Crippen molar-refractivity contribution in [1.29, 1.82) is 0 Å². The largest absolute Gasteiger partial charge is 0.354 e. The molecule has 0 aliphatic carbocycles. The first-order valence-corrected chi connectivity index (χ1v) is 7.60. The Kier molecular flexibility index (Phi) is 3.77. The zero-order valence-electron chi connectivity index (χ0n) is 12.3. The number of likely N-dealkylation sites (tertiary alicyclic amines) is 1. The third kappa shape index (κ3) is 2.70. The second-order valence-electron chi connectivity index (χ2n) is 5.72. The van der Waals surface area contributed by atoms with Gasteiger partial charge in [-0.25, -0.2) is 0 Å². The highest BCUT2D eigenvalue weighted by molar-refractivity contribution is 6.30. The van der Waals surface area contributed by atoms with Crippen molar-refractivity contribution in [2.24, 2.45) is 7.05 Å². The maximum absolute atomic E-state index is 12.6. The van der Waals surface area contributed by atoms with Gasteiger partial charge in [0.15, 0.2) is 0 Å². The van der Waals surface area contributed by atoms with Crippen LogP contribution in [0.1, 0.15) is 34.0 Å². The summed E-state index contributed by atoms with van der Waals surface area (Å²) < 4.78 is 1.98. The summed E-state index contributed by atoms with van der Waals surface area (Å²) >= 11 is 6.06. The first-order chi connectivity index (χ1) is 10.1. The molecule has 0 radical (unpaired) electrons. The Balaban J connectivity index is 1.75. The molecule has 110 valence electrons. The van der Waals surface area contributed by atoms with E-state index in [-0.39, 0.29) is 5.91 Å². The van der Waals surface area contributed by atoms with E-state index in [1.807, 2.05) is 53.9 Å². The molecule has 2 heterocycles. The average molecular weight is 303 g/mol. The van der Waals surface area contributed by atoms with E-state index in [0.717, 1.165) is 35.8 Å². The summed E-state index contributed by atoms with van der Waals surface area (Å²) in [6.45, 7) is 3.57. The molecular formula is C17H19ClN2O. The van der Waals surface area contributed by atoms with E-state index in [1.165, 1.54) is 5.56 Å². The van der Waals surface area contributed by atoms with Crippen LogP contribution in [0.15, 0.2) is 36.5 Å². The van der Waals surface area contributed by atoms with Gasteiger partial charge in [-0.2, -0.15) is 0 Å². The van der Waals surface area contributed by atoms with Crippen LogP contribution in [0, 0.1) is 6.92 Å². The average Bonchev–Trinajstić information content (AvgIpc) is 3.07. The van der Waals surface area contributed by atoms with Gasteiger partial charge < -0.3 is 9.47 Å². The van der Waals surface area contributed by atoms with Crippen molar-refractivity contribution < 1.29 is 4.79 Å². The number of carbonyl (C=O) groups excluding carboxylic acids is 1. The fourth-order valence-electron chi connectivity index (χ4n) is 2.98. The molecule has 1 fully saturated rings. The summed E-state index contributed by atoms with van der Waals surface area (Å²) in [5, 5.41) is 0.760. The molecule has 1 saturated heterocycles. The molecule has 1 amide bonds. The maximum atomic E-state index is 12.6. The van der Waals surface area contributed by atoms with Crippen LogP contribution in [0.25, 0.3) is 0 Å². The fraction of sp³-hybridized carbons (Fsp3) is 0.353. The molecule has 4 heteroatoms. The van der Waals surface area contributed by atoms with Crippen molar-refractivity contribution in [3.05, 3.63) is 58.4 Å². The lowest BCUT2D eigenvalue weighted by Crippen LogP contribution is -2.28. The maximum Gasteiger partial charge on any atom is 0.255 e. The Morgan fingerprint density at radius 2 is 2.14 bits per heavy atom. The predicted molar refractivity (Wildman–Crippen MR) is 84.9 cm³/mol. The Labute approximate surface area is 130 Å². The number of rotatable bonds is 2. The highest BCUT2D eigenvalue weighted by Gasteiger charge is 2.29. The van der Waals surface area contributed by atoms with Crippen LogP contribution >= 0.6 is 11.6 Å². The zero-order chi connectivity index (χ0) is 15.0. The van der Waals surface area contributed by atoms with E-state index in [9.17, 15) is 4.79 Å². The van der Waals surface area contributed by atoms with Gasteiger partial charge in [-0.05, 0) is 37.1 Å². The van der Waals surface area contributed by atoms with Crippen molar-refractivity contribution in [2.75, 3.05) is 13.1 Å². The van der Waals surface area contributed by atoms with E-state index < -0.39 is 0 Å². The Hall–Kier alpha value is -1.74. The number of amides is 1. The standard InChI is InChI=1S/C17H19ClN2O/c1-12-16(7-8-19(12)2)17(21)20-9-6-14(11-20)13-4-3-5-15(18)10-13/h3-5,7-8,10,14H,6,9,11H2,1-2H3/t14-/m1/s1. The zero-order valence-corrected chi connectivity index (χ0v) is 13.1. The number of hydrogen-bond acceptors (Lipinski definition) is 1. The van der Waals surface area contributed by atoms with Crippen LogP contribution in [0.3, 0.4) is 0 Å². The molecule has 1 aliphatic rings. The molecule has 1 aromatic heterocycles. The molecule has 1 atom stereocenters. The third-order valence-electron chi connectivity index (χ3n) is 4.41. The van der Waals surface area contributed by atoms with E-state index in [0.29, 0.717) is 5.92 Å². The van der Waals surface area contributed by atoms with Crippen molar-refractivity contribution in [3.8, 4) is 0 Å². The molecule has 0 spiro atoms. The summed E-state index contributed by atoms with van der Waals surface area (Å²) in [6, 6.07) is 9.87. The van der Waals surface area contributed by atoms with Gasteiger partial charge in [-0.3, -0.25) is 4.79 Å². The van der Waals surface area contributed by atoms with Gasteiger partial charge in [0.25, 0.3) is 5.91 Å². The molecule has 1 aliphatic heterocycles. The van der Waals surface area contributed by atoms with Crippen molar-refractivity contribution in [3.63, 3.8) is 0 Å². The Bertz CT molecular complexity index is 677.